The molecule has 0 aliphatic carbocycles. The van der Waals surface area contributed by atoms with Gasteiger partial charge in [0.1, 0.15) is 5.69 Å². The van der Waals surface area contributed by atoms with E-state index in [1.807, 2.05) is 28.8 Å². The topological polar surface area (TPSA) is 45.5 Å². The minimum Gasteiger partial charge on any atom is -0.391 e. The average molecular weight is 315 g/mol. The molecule has 1 saturated heterocycles. The zero-order valence-corrected chi connectivity index (χ0v) is 12.4. The highest BCUT2D eigenvalue weighted by Crippen LogP contribution is 2.23. The summed E-state index contributed by atoms with van der Waals surface area (Å²) in [5, 5.41) is 9.81. The van der Waals surface area contributed by atoms with Crippen molar-refractivity contribution in [2.24, 2.45) is 7.05 Å². The van der Waals surface area contributed by atoms with Gasteiger partial charge in [-0.15, -0.1) is 0 Å². The normalized spacial score (nSPS) is 22.0. The molecular formula is C13H19BrN2O2. The van der Waals surface area contributed by atoms with Crippen molar-refractivity contribution < 1.29 is 9.90 Å². The zero-order chi connectivity index (χ0) is 13.3. The third kappa shape index (κ3) is 2.62. The van der Waals surface area contributed by atoms with Gasteiger partial charge >= 0.3 is 0 Å². The number of likely N-dealkylation sites (tertiary alicyclic amines) is 1. The first kappa shape index (κ1) is 13.6. The Morgan fingerprint density at radius 3 is 2.83 bits per heavy atom. The predicted octanol–water partition coefficient (Wildman–Crippen LogP) is 2.16. The molecule has 1 aromatic heterocycles. The van der Waals surface area contributed by atoms with Crippen LogP contribution in [0.5, 0.6) is 0 Å². The van der Waals surface area contributed by atoms with E-state index in [1.165, 1.54) is 0 Å². The van der Waals surface area contributed by atoms with Gasteiger partial charge in [-0.3, -0.25) is 4.79 Å². The lowest BCUT2D eigenvalue weighted by molar-refractivity contribution is 0.0274. The summed E-state index contributed by atoms with van der Waals surface area (Å²) < 4.78 is 2.72. The summed E-state index contributed by atoms with van der Waals surface area (Å²) >= 11 is 3.38. The fourth-order valence-electron chi connectivity index (χ4n) is 2.60. The van der Waals surface area contributed by atoms with Crippen LogP contribution in [0.15, 0.2) is 16.7 Å². The molecule has 1 aliphatic rings. The Kier molecular flexibility index (Phi) is 4.12. The maximum absolute atomic E-state index is 12.5. The number of piperidine rings is 1. The lowest BCUT2D eigenvalue weighted by Gasteiger charge is -2.37. The minimum absolute atomic E-state index is 0.00815. The molecule has 0 unspecified atom stereocenters. The van der Waals surface area contributed by atoms with Crippen molar-refractivity contribution in [3.05, 3.63) is 22.4 Å². The number of nitrogens with zero attached hydrogens (tertiary/aromatic N) is 2. The molecule has 1 aromatic rings. The molecule has 0 saturated carbocycles. The summed E-state index contributed by atoms with van der Waals surface area (Å²) in [5.41, 5.74) is 0.662. The molecule has 1 amide bonds. The monoisotopic (exact) mass is 314 g/mol. The minimum atomic E-state index is -0.474. The second kappa shape index (κ2) is 5.45. The molecule has 1 aliphatic heterocycles. The van der Waals surface area contributed by atoms with Gasteiger partial charge in [0, 0.05) is 24.3 Å². The van der Waals surface area contributed by atoms with Crippen LogP contribution < -0.4 is 0 Å². The largest absolute Gasteiger partial charge is 0.391 e. The highest BCUT2D eigenvalue weighted by atomic mass is 79.9. The Labute approximate surface area is 116 Å². The molecule has 2 heterocycles. The number of aliphatic hydroxyl groups is 1. The van der Waals surface area contributed by atoms with E-state index in [2.05, 4.69) is 15.9 Å². The summed E-state index contributed by atoms with van der Waals surface area (Å²) in [4.78, 5) is 14.3. The lowest BCUT2D eigenvalue weighted by atomic mass is 9.98. The molecular weight excluding hydrogens is 296 g/mol. The van der Waals surface area contributed by atoms with Crippen molar-refractivity contribution in [3.8, 4) is 0 Å². The molecule has 5 heteroatoms. The van der Waals surface area contributed by atoms with Crippen LogP contribution in [0, 0.1) is 0 Å². The van der Waals surface area contributed by atoms with Crippen molar-refractivity contribution in [2.45, 2.75) is 38.3 Å². The van der Waals surface area contributed by atoms with Crippen molar-refractivity contribution >= 4 is 21.8 Å². The summed E-state index contributed by atoms with van der Waals surface area (Å²) in [6.45, 7) is 2.49. The van der Waals surface area contributed by atoms with E-state index >= 15 is 0 Å². The van der Waals surface area contributed by atoms with Crippen molar-refractivity contribution in [1.29, 1.82) is 0 Å². The number of aliphatic hydroxyl groups excluding tert-OH is 1. The Morgan fingerprint density at radius 2 is 2.28 bits per heavy atom. The number of carbonyl (C=O) groups is 1. The van der Waals surface area contributed by atoms with Gasteiger partial charge in [-0.1, -0.05) is 0 Å². The van der Waals surface area contributed by atoms with Crippen LogP contribution in [0.4, 0.5) is 0 Å². The van der Waals surface area contributed by atoms with E-state index in [1.54, 1.807) is 6.92 Å². The van der Waals surface area contributed by atoms with Crippen LogP contribution in [0.2, 0.25) is 0 Å². The van der Waals surface area contributed by atoms with Crippen molar-refractivity contribution in [1.82, 2.24) is 9.47 Å². The van der Waals surface area contributed by atoms with Crippen LogP contribution in [-0.4, -0.2) is 39.2 Å². The fraction of sp³-hybridized carbons (Fsp3) is 0.615. The van der Waals surface area contributed by atoms with Crippen molar-refractivity contribution in [2.75, 3.05) is 6.54 Å². The predicted molar refractivity (Wildman–Crippen MR) is 73.5 cm³/mol. The molecule has 100 valence electrons. The lowest BCUT2D eigenvalue weighted by Crippen LogP contribution is -2.49. The number of aromatic nitrogens is 1. The number of halogens is 1. The Bertz CT molecular complexity index is 442. The average Bonchev–Trinajstić information content (AvgIpc) is 2.67. The molecule has 2 atom stereocenters. The highest BCUT2D eigenvalue weighted by Gasteiger charge is 2.31. The van der Waals surface area contributed by atoms with E-state index in [0.29, 0.717) is 5.69 Å². The molecule has 1 N–H and O–H groups in total. The Morgan fingerprint density at radius 1 is 1.56 bits per heavy atom. The quantitative estimate of drug-likeness (QED) is 0.909. The van der Waals surface area contributed by atoms with Crippen LogP contribution in [-0.2, 0) is 7.05 Å². The molecule has 0 spiro atoms. The van der Waals surface area contributed by atoms with Gasteiger partial charge in [-0.2, -0.15) is 0 Å². The number of hydrogen-bond donors (Lipinski definition) is 1. The van der Waals surface area contributed by atoms with Gasteiger partial charge < -0.3 is 14.6 Å². The van der Waals surface area contributed by atoms with Gasteiger partial charge in [-0.05, 0) is 48.2 Å². The smallest absolute Gasteiger partial charge is 0.270 e. The van der Waals surface area contributed by atoms with Gasteiger partial charge in [0.15, 0.2) is 0 Å². The van der Waals surface area contributed by atoms with Crippen molar-refractivity contribution in [3.63, 3.8) is 0 Å². The van der Waals surface area contributed by atoms with Crippen LogP contribution in [0.1, 0.15) is 36.7 Å². The highest BCUT2D eigenvalue weighted by molar-refractivity contribution is 9.10. The summed E-state index contributed by atoms with van der Waals surface area (Å²) in [5.74, 6) is 0.00815. The van der Waals surface area contributed by atoms with Crippen LogP contribution in [0.25, 0.3) is 0 Å². The van der Waals surface area contributed by atoms with E-state index < -0.39 is 6.10 Å². The van der Waals surface area contributed by atoms with E-state index in [4.69, 9.17) is 0 Å². The number of aryl methyl sites for hydroxylation is 1. The standard InChI is InChI=1S/C13H19BrN2O2/c1-9(17)11-5-3-4-6-16(11)13(18)12-7-10(14)8-15(12)2/h7-9,11,17H,3-6H2,1-2H3/t9-,11-/m1/s1. The van der Waals surface area contributed by atoms with E-state index in [9.17, 15) is 9.90 Å². The first-order valence-corrected chi connectivity index (χ1v) is 7.11. The first-order chi connectivity index (χ1) is 8.50. The second-order valence-electron chi connectivity index (χ2n) is 4.96. The molecule has 0 radical (unpaired) electrons. The summed E-state index contributed by atoms with van der Waals surface area (Å²) in [7, 11) is 1.86. The van der Waals surface area contributed by atoms with Crippen LogP contribution >= 0.6 is 15.9 Å². The van der Waals surface area contributed by atoms with Gasteiger partial charge in [-0.25, -0.2) is 0 Å². The Balaban J connectivity index is 2.23. The number of hydrogen-bond acceptors (Lipinski definition) is 2. The zero-order valence-electron chi connectivity index (χ0n) is 10.8. The molecule has 0 aromatic carbocycles. The van der Waals surface area contributed by atoms with E-state index in [-0.39, 0.29) is 11.9 Å². The molecule has 2 rings (SSSR count). The number of rotatable bonds is 2. The maximum atomic E-state index is 12.5. The third-order valence-electron chi connectivity index (χ3n) is 3.56. The summed E-state index contributed by atoms with van der Waals surface area (Å²) in [6.07, 6.45) is 4.37. The van der Waals surface area contributed by atoms with Gasteiger partial charge in [0.05, 0.1) is 12.1 Å². The van der Waals surface area contributed by atoms with Gasteiger partial charge in [0.2, 0.25) is 0 Å². The molecule has 4 nitrogen and oxygen atoms in total. The SMILES string of the molecule is C[C@@H](O)[C@H]1CCCCN1C(=O)c1cc(Br)cn1C. The molecule has 18 heavy (non-hydrogen) atoms. The Hall–Kier alpha value is -0.810. The maximum Gasteiger partial charge on any atom is 0.270 e. The molecule has 1 fully saturated rings. The fourth-order valence-corrected chi connectivity index (χ4v) is 3.12. The van der Waals surface area contributed by atoms with Gasteiger partial charge in [0.25, 0.3) is 5.91 Å². The third-order valence-corrected chi connectivity index (χ3v) is 3.99. The van der Waals surface area contributed by atoms with E-state index in [0.717, 1.165) is 30.3 Å². The van der Waals surface area contributed by atoms with Crippen LogP contribution in [0.3, 0.4) is 0 Å². The first-order valence-electron chi connectivity index (χ1n) is 6.31. The number of amides is 1. The summed E-state index contributed by atoms with van der Waals surface area (Å²) in [6, 6.07) is 1.77. The second-order valence-corrected chi connectivity index (χ2v) is 5.87. The molecule has 0 bridgehead atoms. The number of carbonyl (C=O) groups excluding carboxylic acids is 1.